The van der Waals surface area contributed by atoms with Crippen LogP contribution in [0.5, 0.6) is 0 Å². The maximum absolute atomic E-state index is 12.4. The number of piperidine rings is 1. The summed E-state index contributed by atoms with van der Waals surface area (Å²) in [7, 11) is -3.40. The predicted molar refractivity (Wildman–Crippen MR) is 94.0 cm³/mol. The van der Waals surface area contributed by atoms with E-state index in [-0.39, 0.29) is 34.5 Å². The Morgan fingerprint density at radius 1 is 1.35 bits per heavy atom. The number of rotatable bonds is 6. The Bertz CT molecular complexity index is 614. The van der Waals surface area contributed by atoms with Gasteiger partial charge in [-0.1, -0.05) is 19.1 Å². The number of sulfone groups is 1. The molecule has 0 spiro atoms. The molecular weight excluding hydrogens is 336 g/mol. The molecule has 1 fully saturated rings. The molecule has 5 nitrogen and oxygen atoms in total. The Hall–Kier alpha value is -1.11. The van der Waals surface area contributed by atoms with E-state index >= 15 is 0 Å². The summed E-state index contributed by atoms with van der Waals surface area (Å²) in [4.78, 5) is 12.5. The molecule has 1 aliphatic rings. The third-order valence-corrected chi connectivity index (χ3v) is 5.86. The molecule has 130 valence electrons. The summed E-state index contributed by atoms with van der Waals surface area (Å²) in [6.07, 6.45) is 2.73. The zero-order chi connectivity index (χ0) is 16.0. The van der Waals surface area contributed by atoms with Crippen LogP contribution in [0.1, 0.15) is 36.5 Å². The molecule has 0 bridgehead atoms. The van der Waals surface area contributed by atoms with Gasteiger partial charge in [0.25, 0.3) is 5.91 Å². The van der Waals surface area contributed by atoms with Crippen molar-refractivity contribution in [2.75, 3.05) is 25.4 Å². The zero-order valence-corrected chi connectivity index (χ0v) is 15.0. The molecule has 2 rings (SSSR count). The maximum Gasteiger partial charge on any atom is 0.252 e. The third kappa shape index (κ3) is 5.48. The van der Waals surface area contributed by atoms with Gasteiger partial charge in [-0.15, -0.1) is 12.4 Å². The van der Waals surface area contributed by atoms with Crippen LogP contribution in [0.25, 0.3) is 0 Å². The quantitative estimate of drug-likeness (QED) is 0.813. The molecule has 1 aliphatic heterocycles. The Kier molecular flexibility index (Phi) is 8.02. The number of carbonyl (C=O) groups excluding carboxylic acids is 1. The number of benzene rings is 1. The fourth-order valence-electron chi connectivity index (χ4n) is 2.73. The number of carbonyl (C=O) groups is 1. The van der Waals surface area contributed by atoms with E-state index in [1.165, 1.54) is 6.07 Å². The van der Waals surface area contributed by atoms with Crippen molar-refractivity contribution in [3.05, 3.63) is 29.8 Å². The van der Waals surface area contributed by atoms with Crippen LogP contribution in [0.3, 0.4) is 0 Å². The molecule has 1 heterocycles. The molecular formula is C16H25ClN2O3S. The lowest BCUT2D eigenvalue weighted by molar-refractivity contribution is 0.0941. The van der Waals surface area contributed by atoms with E-state index in [0.717, 1.165) is 25.9 Å². The summed E-state index contributed by atoms with van der Waals surface area (Å²) in [6, 6.07) is 6.45. The fraction of sp³-hybridized carbons (Fsp3) is 0.562. The monoisotopic (exact) mass is 360 g/mol. The van der Waals surface area contributed by atoms with E-state index in [0.29, 0.717) is 18.9 Å². The van der Waals surface area contributed by atoms with Gasteiger partial charge in [-0.05, 0) is 50.4 Å². The van der Waals surface area contributed by atoms with Crippen LogP contribution in [0, 0.1) is 5.92 Å². The molecule has 23 heavy (non-hydrogen) atoms. The van der Waals surface area contributed by atoms with E-state index in [1.54, 1.807) is 18.2 Å². The minimum atomic E-state index is -3.40. The van der Waals surface area contributed by atoms with Crippen molar-refractivity contribution in [3.63, 3.8) is 0 Å². The summed E-state index contributed by atoms with van der Waals surface area (Å²) in [5.41, 5.74) is 0.250. The van der Waals surface area contributed by atoms with Crippen molar-refractivity contribution in [1.82, 2.24) is 10.6 Å². The van der Waals surface area contributed by atoms with Crippen LogP contribution in [-0.4, -0.2) is 39.7 Å². The lowest BCUT2D eigenvalue weighted by Crippen LogP contribution is -2.38. The average molecular weight is 361 g/mol. The molecule has 0 radical (unpaired) electrons. The second-order valence-corrected chi connectivity index (χ2v) is 7.82. The van der Waals surface area contributed by atoms with Crippen molar-refractivity contribution >= 4 is 28.2 Å². The highest BCUT2D eigenvalue weighted by molar-refractivity contribution is 7.91. The van der Waals surface area contributed by atoms with Crippen molar-refractivity contribution in [2.24, 2.45) is 5.92 Å². The van der Waals surface area contributed by atoms with Gasteiger partial charge >= 0.3 is 0 Å². The molecule has 0 aromatic heterocycles. The maximum atomic E-state index is 12.4. The largest absolute Gasteiger partial charge is 0.352 e. The van der Waals surface area contributed by atoms with Gasteiger partial charge in [0.1, 0.15) is 0 Å². The van der Waals surface area contributed by atoms with Gasteiger partial charge in [-0.3, -0.25) is 4.79 Å². The third-order valence-electron chi connectivity index (χ3n) is 3.89. The number of halogens is 1. The van der Waals surface area contributed by atoms with Crippen LogP contribution in [0.4, 0.5) is 0 Å². The van der Waals surface area contributed by atoms with Crippen LogP contribution >= 0.6 is 12.4 Å². The molecule has 2 N–H and O–H groups in total. The average Bonchev–Trinajstić information content (AvgIpc) is 2.53. The van der Waals surface area contributed by atoms with Gasteiger partial charge in [0.05, 0.1) is 16.2 Å². The van der Waals surface area contributed by atoms with Gasteiger partial charge in [0, 0.05) is 6.54 Å². The first-order valence-corrected chi connectivity index (χ1v) is 9.50. The molecule has 1 saturated heterocycles. The summed E-state index contributed by atoms with van der Waals surface area (Å²) in [5.74, 6) is 0.169. The second-order valence-electron chi connectivity index (χ2n) is 5.74. The highest BCUT2D eigenvalue weighted by Crippen LogP contribution is 2.18. The normalized spacial score (nSPS) is 18.0. The molecule has 1 aromatic rings. The van der Waals surface area contributed by atoms with Crippen LogP contribution < -0.4 is 10.6 Å². The highest BCUT2D eigenvalue weighted by atomic mass is 35.5. The Balaban J connectivity index is 0.00000264. The molecule has 1 atom stereocenters. The zero-order valence-electron chi connectivity index (χ0n) is 13.4. The summed E-state index contributed by atoms with van der Waals surface area (Å²) in [5, 5.41) is 6.18. The smallest absolute Gasteiger partial charge is 0.252 e. The van der Waals surface area contributed by atoms with E-state index in [1.807, 2.05) is 6.92 Å². The summed E-state index contributed by atoms with van der Waals surface area (Å²) in [6.45, 7) is 4.32. The van der Waals surface area contributed by atoms with E-state index in [9.17, 15) is 13.2 Å². The van der Waals surface area contributed by atoms with Crippen molar-refractivity contribution in [1.29, 1.82) is 0 Å². The van der Waals surface area contributed by atoms with Crippen LogP contribution in [-0.2, 0) is 9.84 Å². The molecule has 0 aliphatic carbocycles. The molecule has 1 unspecified atom stereocenters. The Morgan fingerprint density at radius 3 is 2.74 bits per heavy atom. The van der Waals surface area contributed by atoms with Gasteiger partial charge in [0.2, 0.25) is 0 Å². The molecule has 1 amide bonds. The van der Waals surface area contributed by atoms with Crippen molar-refractivity contribution < 1.29 is 13.2 Å². The van der Waals surface area contributed by atoms with Crippen molar-refractivity contribution in [2.45, 2.75) is 31.1 Å². The first-order valence-electron chi connectivity index (χ1n) is 7.85. The first-order chi connectivity index (χ1) is 10.5. The van der Waals surface area contributed by atoms with Gasteiger partial charge in [-0.25, -0.2) is 8.42 Å². The Morgan fingerprint density at radius 2 is 2.09 bits per heavy atom. The van der Waals surface area contributed by atoms with Crippen LogP contribution in [0.2, 0.25) is 0 Å². The van der Waals surface area contributed by atoms with Gasteiger partial charge < -0.3 is 10.6 Å². The number of hydrogen-bond donors (Lipinski definition) is 2. The highest BCUT2D eigenvalue weighted by Gasteiger charge is 2.22. The van der Waals surface area contributed by atoms with Gasteiger partial charge in [-0.2, -0.15) is 0 Å². The van der Waals surface area contributed by atoms with Gasteiger partial charge in [0.15, 0.2) is 9.84 Å². The number of hydrogen-bond acceptors (Lipinski definition) is 4. The summed E-state index contributed by atoms with van der Waals surface area (Å²) < 4.78 is 24.5. The first kappa shape index (κ1) is 19.9. The molecule has 0 saturated carbocycles. The van der Waals surface area contributed by atoms with Crippen molar-refractivity contribution in [3.8, 4) is 0 Å². The van der Waals surface area contributed by atoms with E-state index in [2.05, 4.69) is 10.6 Å². The lowest BCUT2D eigenvalue weighted by Gasteiger charge is -2.23. The number of amides is 1. The van der Waals surface area contributed by atoms with Crippen LogP contribution in [0.15, 0.2) is 29.2 Å². The molecule has 1 aromatic carbocycles. The standard InChI is InChI=1S/C16H24N2O3S.ClH/c1-2-10-22(20,21)15-8-4-3-7-14(15)16(19)18-12-13-6-5-9-17-11-13;/h3-4,7-8,13,17H,2,5-6,9-12H2,1H3,(H,18,19);1H. The lowest BCUT2D eigenvalue weighted by atomic mass is 10.00. The topological polar surface area (TPSA) is 75.3 Å². The SMILES string of the molecule is CCCS(=O)(=O)c1ccccc1C(=O)NCC1CCCNC1.Cl. The number of nitrogens with one attached hydrogen (secondary N) is 2. The minimum absolute atomic E-state index is 0. The van der Waals surface area contributed by atoms with E-state index < -0.39 is 9.84 Å². The van der Waals surface area contributed by atoms with E-state index in [4.69, 9.17) is 0 Å². The summed E-state index contributed by atoms with van der Waals surface area (Å²) >= 11 is 0. The molecule has 7 heteroatoms. The Labute approximate surface area is 144 Å². The second kappa shape index (κ2) is 9.25. The minimum Gasteiger partial charge on any atom is -0.352 e. The fourth-order valence-corrected chi connectivity index (χ4v) is 4.27. The predicted octanol–water partition coefficient (Wildman–Crippen LogP) is 2.02.